The first-order chi connectivity index (χ1) is 10.6. The van der Waals surface area contributed by atoms with Crippen LogP contribution >= 0.6 is 0 Å². The van der Waals surface area contributed by atoms with Gasteiger partial charge in [-0.15, -0.1) is 0 Å². The molecule has 0 spiro atoms. The molecule has 0 aromatic heterocycles. The van der Waals surface area contributed by atoms with E-state index in [1.54, 1.807) is 13.8 Å². The van der Waals surface area contributed by atoms with Gasteiger partial charge in [0.05, 0.1) is 15.7 Å². The highest BCUT2D eigenvalue weighted by Crippen LogP contribution is 2.30. The average Bonchev–Trinajstić information content (AvgIpc) is 2.49. The number of carboxylic acid groups (broad SMARTS) is 1. The second kappa shape index (κ2) is 6.25. The molecule has 0 unspecified atom stereocenters. The van der Waals surface area contributed by atoms with Gasteiger partial charge in [0.1, 0.15) is 0 Å². The van der Waals surface area contributed by atoms with Crippen LogP contribution in [0.15, 0.2) is 17.0 Å². The molecule has 1 aliphatic rings. The van der Waals surface area contributed by atoms with Gasteiger partial charge in [0.2, 0.25) is 10.0 Å². The normalized spacial score (nSPS) is 17.1. The van der Waals surface area contributed by atoms with Crippen LogP contribution in [0.1, 0.15) is 24.0 Å². The second-order valence-electron chi connectivity index (χ2n) is 5.66. The Balaban J connectivity index is 2.37. The number of piperidine rings is 1. The van der Waals surface area contributed by atoms with Crippen molar-refractivity contribution < 1.29 is 23.2 Å². The molecule has 126 valence electrons. The third-order valence-electron chi connectivity index (χ3n) is 4.24. The third-order valence-corrected chi connectivity index (χ3v) is 6.26. The number of aryl methyl sites for hydroxylation is 1. The summed E-state index contributed by atoms with van der Waals surface area (Å²) in [5.41, 5.74) is 0.723. The number of nitro groups is 1. The van der Waals surface area contributed by atoms with Crippen molar-refractivity contribution in [2.45, 2.75) is 31.6 Å². The number of nitro benzene ring substituents is 1. The molecule has 23 heavy (non-hydrogen) atoms. The standard InChI is InChI=1S/C14H18N2O6S/c1-9-7-12(16(19)20)8-13(10(9)2)23(21,22)15-5-3-11(4-6-15)14(17)18/h7-8,11H,3-6H2,1-2H3,(H,17,18). The minimum absolute atomic E-state index is 0.0852. The van der Waals surface area contributed by atoms with Crippen molar-refractivity contribution in [3.05, 3.63) is 33.4 Å². The van der Waals surface area contributed by atoms with Gasteiger partial charge in [0.15, 0.2) is 0 Å². The third kappa shape index (κ3) is 3.35. The van der Waals surface area contributed by atoms with Crippen LogP contribution in [-0.2, 0) is 14.8 Å². The van der Waals surface area contributed by atoms with Crippen LogP contribution in [0.4, 0.5) is 5.69 Å². The summed E-state index contributed by atoms with van der Waals surface area (Å²) in [4.78, 5) is 21.2. The maximum Gasteiger partial charge on any atom is 0.306 e. The Bertz CT molecular complexity index is 751. The lowest BCUT2D eigenvalue weighted by Crippen LogP contribution is -2.40. The van der Waals surface area contributed by atoms with Crippen molar-refractivity contribution in [2.75, 3.05) is 13.1 Å². The van der Waals surface area contributed by atoms with Gasteiger partial charge in [-0.05, 0) is 37.8 Å². The maximum atomic E-state index is 12.8. The molecule has 1 aromatic carbocycles. The second-order valence-corrected chi connectivity index (χ2v) is 7.57. The largest absolute Gasteiger partial charge is 0.481 e. The number of benzene rings is 1. The number of carbonyl (C=O) groups is 1. The van der Waals surface area contributed by atoms with Gasteiger partial charge in [0, 0.05) is 25.2 Å². The van der Waals surface area contributed by atoms with Crippen molar-refractivity contribution in [1.82, 2.24) is 4.31 Å². The van der Waals surface area contributed by atoms with Crippen molar-refractivity contribution >= 4 is 21.7 Å². The van der Waals surface area contributed by atoms with E-state index in [0.717, 1.165) is 6.07 Å². The molecule has 0 bridgehead atoms. The summed E-state index contributed by atoms with van der Waals surface area (Å²) in [6.07, 6.45) is 0.475. The van der Waals surface area contributed by atoms with Gasteiger partial charge in [-0.1, -0.05) is 0 Å². The van der Waals surface area contributed by atoms with E-state index in [2.05, 4.69) is 0 Å². The smallest absolute Gasteiger partial charge is 0.306 e. The van der Waals surface area contributed by atoms with Crippen LogP contribution < -0.4 is 0 Å². The number of rotatable bonds is 4. The summed E-state index contributed by atoms with van der Waals surface area (Å²) in [5, 5.41) is 19.9. The van der Waals surface area contributed by atoms with Gasteiger partial charge in [-0.3, -0.25) is 14.9 Å². The fourth-order valence-electron chi connectivity index (χ4n) is 2.66. The topological polar surface area (TPSA) is 118 Å². The molecule has 9 heteroatoms. The lowest BCUT2D eigenvalue weighted by atomic mass is 9.99. The average molecular weight is 342 g/mol. The van der Waals surface area contributed by atoms with E-state index < -0.39 is 26.8 Å². The quantitative estimate of drug-likeness (QED) is 0.657. The summed E-state index contributed by atoms with van der Waals surface area (Å²) >= 11 is 0. The van der Waals surface area contributed by atoms with E-state index >= 15 is 0 Å². The molecule has 0 aliphatic carbocycles. The lowest BCUT2D eigenvalue weighted by molar-refractivity contribution is -0.385. The summed E-state index contributed by atoms with van der Waals surface area (Å²) in [5.74, 6) is -1.47. The minimum Gasteiger partial charge on any atom is -0.481 e. The van der Waals surface area contributed by atoms with E-state index in [-0.39, 0.29) is 36.5 Å². The molecule has 1 aliphatic heterocycles. The molecule has 1 heterocycles. The van der Waals surface area contributed by atoms with E-state index in [9.17, 15) is 23.3 Å². The molecular formula is C14H18N2O6S. The fourth-order valence-corrected chi connectivity index (χ4v) is 4.45. The lowest BCUT2D eigenvalue weighted by Gasteiger charge is -2.29. The van der Waals surface area contributed by atoms with Crippen molar-refractivity contribution in [3.8, 4) is 0 Å². The zero-order valence-corrected chi connectivity index (χ0v) is 13.7. The molecule has 1 N–H and O–H groups in total. The van der Waals surface area contributed by atoms with E-state index in [4.69, 9.17) is 5.11 Å². The summed E-state index contributed by atoms with van der Waals surface area (Å²) in [6, 6.07) is 2.41. The Morgan fingerprint density at radius 3 is 2.35 bits per heavy atom. The van der Waals surface area contributed by atoms with E-state index in [1.807, 2.05) is 0 Å². The van der Waals surface area contributed by atoms with Crippen molar-refractivity contribution in [3.63, 3.8) is 0 Å². The van der Waals surface area contributed by atoms with Gasteiger partial charge < -0.3 is 5.11 Å². The summed E-state index contributed by atoms with van der Waals surface area (Å²) in [6.45, 7) is 3.43. The molecular weight excluding hydrogens is 324 g/mol. The van der Waals surface area contributed by atoms with Crippen LogP contribution in [-0.4, -0.2) is 41.8 Å². The van der Waals surface area contributed by atoms with Gasteiger partial charge in [-0.2, -0.15) is 4.31 Å². The van der Waals surface area contributed by atoms with Crippen LogP contribution in [0, 0.1) is 29.9 Å². The maximum absolute atomic E-state index is 12.8. The molecule has 0 amide bonds. The Morgan fingerprint density at radius 2 is 1.87 bits per heavy atom. The van der Waals surface area contributed by atoms with Crippen molar-refractivity contribution in [1.29, 1.82) is 0 Å². The Kier molecular flexibility index (Phi) is 4.71. The highest BCUT2D eigenvalue weighted by molar-refractivity contribution is 7.89. The molecule has 0 atom stereocenters. The monoisotopic (exact) mass is 342 g/mol. The molecule has 1 fully saturated rings. The molecule has 8 nitrogen and oxygen atoms in total. The zero-order chi connectivity index (χ0) is 17.4. The number of aliphatic carboxylic acids is 1. The zero-order valence-electron chi connectivity index (χ0n) is 12.9. The first-order valence-electron chi connectivity index (χ1n) is 7.13. The first kappa shape index (κ1) is 17.4. The van der Waals surface area contributed by atoms with Crippen LogP contribution in [0.25, 0.3) is 0 Å². The Morgan fingerprint density at radius 1 is 1.30 bits per heavy atom. The summed E-state index contributed by atoms with van der Waals surface area (Å²) < 4.78 is 26.7. The molecule has 1 saturated heterocycles. The fraction of sp³-hybridized carbons (Fsp3) is 0.500. The predicted molar refractivity (Wildman–Crippen MR) is 81.7 cm³/mol. The number of hydrogen-bond acceptors (Lipinski definition) is 5. The molecule has 0 saturated carbocycles. The Hall–Kier alpha value is -2.00. The molecule has 2 rings (SSSR count). The van der Waals surface area contributed by atoms with Gasteiger partial charge >= 0.3 is 5.97 Å². The predicted octanol–water partition coefficient (Wildman–Crippen LogP) is 1.70. The number of carboxylic acids is 1. The SMILES string of the molecule is Cc1cc([N+](=O)[O-])cc(S(=O)(=O)N2CCC(C(=O)O)CC2)c1C. The number of non-ortho nitro benzene ring substituents is 1. The van der Waals surface area contributed by atoms with Crippen LogP contribution in [0.5, 0.6) is 0 Å². The number of nitrogens with zero attached hydrogens (tertiary/aromatic N) is 2. The van der Waals surface area contributed by atoms with E-state index in [0.29, 0.717) is 11.1 Å². The van der Waals surface area contributed by atoms with Crippen molar-refractivity contribution in [2.24, 2.45) is 5.92 Å². The van der Waals surface area contributed by atoms with Crippen LogP contribution in [0.2, 0.25) is 0 Å². The number of hydrogen-bond donors (Lipinski definition) is 1. The van der Waals surface area contributed by atoms with Gasteiger partial charge in [0.25, 0.3) is 5.69 Å². The minimum atomic E-state index is -3.88. The van der Waals surface area contributed by atoms with E-state index in [1.165, 1.54) is 10.4 Å². The highest BCUT2D eigenvalue weighted by Gasteiger charge is 2.33. The summed E-state index contributed by atoms with van der Waals surface area (Å²) in [7, 11) is -3.88. The van der Waals surface area contributed by atoms with Gasteiger partial charge in [-0.25, -0.2) is 8.42 Å². The van der Waals surface area contributed by atoms with Crippen LogP contribution in [0.3, 0.4) is 0 Å². The molecule has 0 radical (unpaired) electrons. The highest BCUT2D eigenvalue weighted by atomic mass is 32.2. The first-order valence-corrected chi connectivity index (χ1v) is 8.57. The Labute approximate surface area is 133 Å². The number of sulfonamides is 1. The molecule has 1 aromatic rings.